The van der Waals surface area contributed by atoms with E-state index in [0.29, 0.717) is 33.0 Å². The number of hydrogen-bond donors (Lipinski definition) is 4. The molecule has 0 heterocycles. The van der Waals surface area contributed by atoms with Crippen molar-refractivity contribution in [2.24, 2.45) is 0 Å². The van der Waals surface area contributed by atoms with Crippen molar-refractivity contribution >= 4 is 57.9 Å². The van der Waals surface area contributed by atoms with E-state index in [1.54, 1.807) is 24.3 Å². The van der Waals surface area contributed by atoms with Gasteiger partial charge in [0.05, 0.1) is 30.1 Å². The van der Waals surface area contributed by atoms with E-state index in [9.17, 15) is 9.59 Å². The van der Waals surface area contributed by atoms with E-state index in [2.05, 4.69) is 39.4 Å². The monoisotopic (exact) mass is 441 g/mol. The summed E-state index contributed by atoms with van der Waals surface area (Å²) in [6.45, 7) is 0. The van der Waals surface area contributed by atoms with E-state index in [-0.39, 0.29) is 0 Å². The molecule has 0 aliphatic rings. The Morgan fingerprint density at radius 1 is 1.08 bits per heavy atom. The number of ether oxygens (including phenoxy) is 2. The number of halogens is 1. The van der Waals surface area contributed by atoms with Gasteiger partial charge >= 0.3 is 12.1 Å². The molecular formula is C16H16BrN3O5S. The van der Waals surface area contributed by atoms with Crippen LogP contribution >= 0.6 is 28.7 Å². The highest BCUT2D eigenvalue weighted by Crippen LogP contribution is 2.36. The molecule has 0 bridgehead atoms. The van der Waals surface area contributed by atoms with Gasteiger partial charge in [0.15, 0.2) is 0 Å². The smallest absolute Gasteiger partial charge is 0.409 e. The number of amides is 3. The first-order valence-electron chi connectivity index (χ1n) is 7.17. The van der Waals surface area contributed by atoms with Crippen LogP contribution < -0.4 is 24.4 Å². The zero-order valence-corrected chi connectivity index (χ0v) is 16.3. The number of carboxylic acid groups (broad SMARTS) is 1. The fourth-order valence-corrected chi connectivity index (χ4v) is 2.74. The Bertz CT molecular complexity index is 816. The average molecular weight is 442 g/mol. The molecule has 138 valence electrons. The molecule has 0 saturated carbocycles. The molecule has 2 aromatic carbocycles. The van der Waals surface area contributed by atoms with Crippen LogP contribution in [-0.4, -0.2) is 31.5 Å². The van der Waals surface area contributed by atoms with Crippen molar-refractivity contribution in [3.8, 4) is 11.5 Å². The van der Waals surface area contributed by atoms with Crippen molar-refractivity contribution in [1.29, 1.82) is 0 Å². The van der Waals surface area contributed by atoms with E-state index < -0.39 is 12.1 Å². The van der Waals surface area contributed by atoms with E-state index in [4.69, 9.17) is 14.6 Å². The molecule has 0 spiro atoms. The fraction of sp³-hybridized carbons (Fsp3) is 0.125. The Hall–Kier alpha value is -2.59. The first kappa shape index (κ1) is 19.7. The minimum atomic E-state index is -1.17. The highest BCUT2D eigenvalue weighted by molar-refractivity contribution is 9.10. The molecule has 0 aromatic heterocycles. The first-order valence-corrected chi connectivity index (χ1v) is 8.36. The molecule has 0 saturated heterocycles. The van der Waals surface area contributed by atoms with Gasteiger partial charge in [0, 0.05) is 11.8 Å². The zero-order valence-electron chi connectivity index (χ0n) is 13.8. The van der Waals surface area contributed by atoms with Gasteiger partial charge in [0.25, 0.3) is 0 Å². The minimum Gasteiger partial charge on any atom is -0.495 e. The van der Waals surface area contributed by atoms with Crippen LogP contribution in [0.3, 0.4) is 0 Å². The number of carbonyl (C=O) groups is 2. The van der Waals surface area contributed by atoms with Gasteiger partial charge < -0.3 is 19.9 Å². The van der Waals surface area contributed by atoms with Crippen LogP contribution in [0.15, 0.2) is 40.9 Å². The molecule has 0 radical (unpaired) electrons. The Morgan fingerprint density at radius 2 is 1.69 bits per heavy atom. The molecule has 8 nitrogen and oxygen atoms in total. The Labute approximate surface area is 163 Å². The number of hydrogen-bond acceptors (Lipinski definition) is 5. The molecule has 0 aliphatic heterocycles. The molecule has 0 atom stereocenters. The number of urea groups is 1. The second-order valence-electron chi connectivity index (χ2n) is 4.91. The summed E-state index contributed by atoms with van der Waals surface area (Å²) >= 11 is 7.53. The summed E-state index contributed by atoms with van der Waals surface area (Å²) in [5.74, 6) is 0.977. The van der Waals surface area contributed by atoms with Crippen molar-refractivity contribution in [1.82, 2.24) is 0 Å². The third kappa shape index (κ3) is 4.73. The number of nitrogens with one attached hydrogen (secondary N) is 2. The fourth-order valence-electron chi connectivity index (χ4n) is 2.05. The number of benzene rings is 2. The normalized spacial score (nSPS) is 10.0. The molecule has 10 heteroatoms. The van der Waals surface area contributed by atoms with E-state index in [1.165, 1.54) is 26.4 Å². The van der Waals surface area contributed by atoms with E-state index in [0.717, 1.165) is 4.31 Å². The molecule has 2 aromatic rings. The van der Waals surface area contributed by atoms with Crippen molar-refractivity contribution in [3.63, 3.8) is 0 Å². The molecule has 3 amide bonds. The lowest BCUT2D eigenvalue weighted by molar-refractivity contribution is 0.209. The molecule has 0 fully saturated rings. The maximum Gasteiger partial charge on any atom is 0.409 e. The summed E-state index contributed by atoms with van der Waals surface area (Å²) in [5, 5.41) is 13.6. The Morgan fingerprint density at radius 3 is 2.23 bits per heavy atom. The maximum atomic E-state index is 12.4. The summed E-state index contributed by atoms with van der Waals surface area (Å²) in [4.78, 5) is 23.0. The standard InChI is InChI=1S/C16H16BrN3O5S/c1-24-13-8-14(25-2)12(7-11(13)17)19-15(21)20(26)10-5-3-9(4-6-10)18-16(22)23/h3-8,18,26H,1-2H3,(H,19,21)(H,22,23). The van der Waals surface area contributed by atoms with Gasteiger partial charge in [-0.05, 0) is 46.3 Å². The maximum absolute atomic E-state index is 12.4. The second kappa shape index (κ2) is 8.68. The first-order chi connectivity index (χ1) is 12.3. The molecule has 0 aliphatic carbocycles. The summed E-state index contributed by atoms with van der Waals surface area (Å²) in [7, 11) is 3.00. The van der Waals surface area contributed by atoms with Crippen molar-refractivity contribution in [2.75, 3.05) is 29.2 Å². The molecule has 2 rings (SSSR count). The quantitative estimate of drug-likeness (QED) is 0.513. The van der Waals surface area contributed by atoms with Gasteiger partial charge in [-0.2, -0.15) is 0 Å². The lowest BCUT2D eigenvalue weighted by atomic mass is 10.2. The van der Waals surface area contributed by atoms with Crippen LogP contribution in [0.4, 0.5) is 26.7 Å². The molecule has 0 unspecified atom stereocenters. The second-order valence-corrected chi connectivity index (χ2v) is 6.16. The predicted molar refractivity (Wildman–Crippen MR) is 106 cm³/mol. The third-order valence-corrected chi connectivity index (χ3v) is 4.30. The van der Waals surface area contributed by atoms with Crippen LogP contribution in [0.25, 0.3) is 0 Å². The molecule has 3 N–H and O–H groups in total. The number of methoxy groups -OCH3 is 2. The number of anilines is 3. The largest absolute Gasteiger partial charge is 0.495 e. The van der Waals surface area contributed by atoms with E-state index in [1.807, 2.05) is 0 Å². The lowest BCUT2D eigenvalue weighted by Gasteiger charge is -2.19. The van der Waals surface area contributed by atoms with Gasteiger partial charge in [0.2, 0.25) is 0 Å². The third-order valence-electron chi connectivity index (χ3n) is 3.27. The van der Waals surface area contributed by atoms with Crippen LogP contribution in [-0.2, 0) is 0 Å². The van der Waals surface area contributed by atoms with Crippen LogP contribution in [0, 0.1) is 0 Å². The van der Waals surface area contributed by atoms with Gasteiger partial charge in [-0.15, -0.1) is 0 Å². The zero-order chi connectivity index (χ0) is 19.3. The highest BCUT2D eigenvalue weighted by Gasteiger charge is 2.17. The van der Waals surface area contributed by atoms with Crippen molar-refractivity contribution in [3.05, 3.63) is 40.9 Å². The van der Waals surface area contributed by atoms with Crippen LogP contribution in [0.5, 0.6) is 11.5 Å². The van der Waals surface area contributed by atoms with Crippen LogP contribution in [0.1, 0.15) is 0 Å². The van der Waals surface area contributed by atoms with Gasteiger partial charge in [-0.1, -0.05) is 12.8 Å². The number of carbonyl (C=O) groups excluding carboxylic acids is 1. The molecule has 26 heavy (non-hydrogen) atoms. The average Bonchev–Trinajstić information content (AvgIpc) is 2.61. The number of thiol groups is 1. The van der Waals surface area contributed by atoms with Crippen molar-refractivity contribution in [2.45, 2.75) is 0 Å². The topological polar surface area (TPSA) is 100 Å². The number of nitrogens with zero attached hydrogens (tertiary/aromatic N) is 1. The summed E-state index contributed by atoms with van der Waals surface area (Å²) in [6.07, 6.45) is -1.17. The Kier molecular flexibility index (Phi) is 6.58. The summed E-state index contributed by atoms with van der Waals surface area (Å²) in [5.41, 5.74) is 1.26. The SMILES string of the molecule is COc1cc(OC)c(NC(=O)N(S)c2ccc(NC(=O)O)cc2)cc1Br. The lowest BCUT2D eigenvalue weighted by Crippen LogP contribution is -2.27. The predicted octanol–water partition coefficient (Wildman–Crippen LogP) is 4.44. The molecular weight excluding hydrogens is 426 g/mol. The summed E-state index contributed by atoms with van der Waals surface area (Å²) < 4.78 is 12.2. The van der Waals surface area contributed by atoms with E-state index >= 15 is 0 Å². The van der Waals surface area contributed by atoms with Crippen molar-refractivity contribution < 1.29 is 24.2 Å². The van der Waals surface area contributed by atoms with Gasteiger partial charge in [-0.25, -0.2) is 13.9 Å². The highest BCUT2D eigenvalue weighted by atomic mass is 79.9. The summed E-state index contributed by atoms with van der Waals surface area (Å²) in [6, 6.07) is 8.90. The van der Waals surface area contributed by atoms with Gasteiger partial charge in [-0.3, -0.25) is 5.32 Å². The Balaban J connectivity index is 2.16. The number of rotatable bonds is 5. The minimum absolute atomic E-state index is 0.379. The van der Waals surface area contributed by atoms with Gasteiger partial charge in [0.1, 0.15) is 11.5 Å². The van der Waals surface area contributed by atoms with Crippen LogP contribution in [0.2, 0.25) is 0 Å².